The van der Waals surface area contributed by atoms with Gasteiger partial charge in [-0.25, -0.2) is 14.3 Å². The van der Waals surface area contributed by atoms with Crippen LogP contribution in [-0.2, 0) is 19.6 Å². The lowest BCUT2D eigenvalue weighted by molar-refractivity contribution is -0.678. The van der Waals surface area contributed by atoms with Crippen molar-refractivity contribution in [1.82, 2.24) is 9.21 Å². The fraction of sp³-hybridized carbons (Fsp3) is 0.600. The van der Waals surface area contributed by atoms with Gasteiger partial charge in [0, 0.05) is 18.7 Å². The summed E-state index contributed by atoms with van der Waals surface area (Å²) < 4.78 is 28.5. The van der Waals surface area contributed by atoms with Gasteiger partial charge in [-0.3, -0.25) is 9.59 Å². The van der Waals surface area contributed by atoms with Crippen LogP contribution in [0.1, 0.15) is 44.9 Å². The van der Waals surface area contributed by atoms with E-state index in [0.29, 0.717) is 18.9 Å². The number of Topliss-reactive ketones (excluding diaryl/α,β-unsaturated/α-hetero) is 1. The van der Waals surface area contributed by atoms with Gasteiger partial charge < -0.3 is 4.90 Å². The van der Waals surface area contributed by atoms with Gasteiger partial charge in [0.25, 0.3) is 0 Å². The van der Waals surface area contributed by atoms with Crippen molar-refractivity contribution in [3.8, 4) is 0 Å². The number of nitrogens with two attached hydrogens (primary N) is 1. The Hall–Kier alpha value is -2.00. The molecule has 157 valence electrons. The molecule has 2 N–H and O–H groups in total. The second-order valence-corrected chi connectivity index (χ2v) is 10.1. The lowest BCUT2D eigenvalue weighted by Gasteiger charge is -2.25. The van der Waals surface area contributed by atoms with Crippen LogP contribution in [0.3, 0.4) is 0 Å². The molecule has 1 saturated carbocycles. The second kappa shape index (κ2) is 8.02. The predicted octanol–water partition coefficient (Wildman–Crippen LogP) is 0.405. The van der Waals surface area contributed by atoms with Crippen molar-refractivity contribution in [2.45, 2.75) is 62.1 Å². The molecule has 1 radical (unpaired) electrons. The molecule has 2 unspecified atom stereocenters. The summed E-state index contributed by atoms with van der Waals surface area (Å²) in [6.07, 6.45) is 10.3. The Morgan fingerprint density at radius 2 is 1.97 bits per heavy atom. The largest absolute Gasteiger partial charge is 0.340 e. The molecule has 1 amide bonds. The summed E-state index contributed by atoms with van der Waals surface area (Å²) in [5.74, 6) is 5.95. The van der Waals surface area contributed by atoms with Crippen molar-refractivity contribution in [3.05, 3.63) is 30.8 Å². The standard InChI is InChI=1S/C20H28N4O4S/c21-23-12-5-4-8-19(23)29(27,28)24-14-17(25)20-16(24)11-13-22(20)18(26)10-9-15-6-2-1-3-7-15/h4-5,8,10,12,15-16,20H,1-3,6-7,9,11,13-14,21H2/q+1. The zero-order valence-electron chi connectivity index (χ0n) is 16.4. The number of ketones is 1. The Morgan fingerprint density at radius 1 is 1.21 bits per heavy atom. The summed E-state index contributed by atoms with van der Waals surface area (Å²) in [5, 5.41) is -0.0675. The van der Waals surface area contributed by atoms with E-state index in [1.54, 1.807) is 23.5 Å². The number of rotatable bonds is 5. The maximum Gasteiger partial charge on any atom is 0.340 e. The van der Waals surface area contributed by atoms with E-state index < -0.39 is 22.1 Å². The minimum absolute atomic E-state index is 0.0675. The van der Waals surface area contributed by atoms with Crippen LogP contribution in [-0.4, -0.2) is 54.5 Å². The molecule has 3 aliphatic rings. The van der Waals surface area contributed by atoms with E-state index in [1.807, 2.05) is 0 Å². The van der Waals surface area contributed by atoms with E-state index >= 15 is 0 Å². The normalized spacial score (nSPS) is 26.1. The van der Waals surface area contributed by atoms with Crippen LogP contribution in [0, 0.1) is 12.3 Å². The first kappa shape index (κ1) is 20.3. The lowest BCUT2D eigenvalue weighted by atomic mass is 9.86. The molecule has 8 nitrogen and oxygen atoms in total. The van der Waals surface area contributed by atoms with Gasteiger partial charge in [0.05, 0.1) is 19.0 Å². The van der Waals surface area contributed by atoms with Gasteiger partial charge in [-0.1, -0.05) is 36.8 Å². The molecule has 29 heavy (non-hydrogen) atoms. The highest BCUT2D eigenvalue weighted by molar-refractivity contribution is 7.89. The van der Waals surface area contributed by atoms with Gasteiger partial charge in [0.15, 0.2) is 5.78 Å². The highest BCUT2D eigenvalue weighted by atomic mass is 32.2. The van der Waals surface area contributed by atoms with Crippen molar-refractivity contribution in [1.29, 1.82) is 0 Å². The lowest BCUT2D eigenvalue weighted by Crippen LogP contribution is -2.52. The van der Waals surface area contributed by atoms with Crippen LogP contribution in [0.25, 0.3) is 0 Å². The summed E-state index contributed by atoms with van der Waals surface area (Å²) in [6.45, 7) is 0.170. The molecule has 2 aliphatic heterocycles. The molecule has 1 aliphatic carbocycles. The van der Waals surface area contributed by atoms with Crippen LogP contribution in [0.5, 0.6) is 0 Å². The molecule has 0 aromatic carbocycles. The molecule has 1 aromatic heterocycles. The third-order valence-electron chi connectivity index (χ3n) is 6.44. The predicted molar refractivity (Wildman–Crippen MR) is 105 cm³/mol. The van der Waals surface area contributed by atoms with E-state index in [9.17, 15) is 18.0 Å². The number of pyridine rings is 1. The zero-order chi connectivity index (χ0) is 20.6. The van der Waals surface area contributed by atoms with Crippen molar-refractivity contribution in [2.24, 2.45) is 5.92 Å². The number of carbonyl (C=O) groups excluding carboxylic acids is 2. The number of aromatic nitrogens is 1. The van der Waals surface area contributed by atoms with E-state index in [0.717, 1.165) is 23.9 Å². The van der Waals surface area contributed by atoms with Crippen LogP contribution in [0.2, 0.25) is 0 Å². The van der Waals surface area contributed by atoms with Gasteiger partial charge in [0.2, 0.25) is 12.1 Å². The highest BCUT2D eigenvalue weighted by Gasteiger charge is 2.55. The summed E-state index contributed by atoms with van der Waals surface area (Å²) >= 11 is 0. The number of nitrogen functional groups attached to an aromatic ring is 1. The highest BCUT2D eigenvalue weighted by Crippen LogP contribution is 2.34. The third-order valence-corrected chi connectivity index (χ3v) is 8.33. The van der Waals surface area contributed by atoms with E-state index in [2.05, 4.69) is 0 Å². The number of hydrogen-bond donors (Lipinski definition) is 1. The Morgan fingerprint density at radius 3 is 2.69 bits per heavy atom. The fourth-order valence-electron chi connectivity index (χ4n) is 4.93. The molecule has 9 heteroatoms. The number of hydrogen-bond acceptors (Lipinski definition) is 5. The van der Waals surface area contributed by atoms with Gasteiger partial charge in [-0.05, 0) is 24.8 Å². The number of fused-ring (bicyclic) bond motifs is 1. The number of amides is 1. The van der Waals surface area contributed by atoms with Gasteiger partial charge in [0.1, 0.15) is 6.04 Å². The average molecular weight is 421 g/mol. The Bertz CT molecular complexity index is 897. The van der Waals surface area contributed by atoms with Gasteiger partial charge >= 0.3 is 15.0 Å². The molecule has 1 aromatic rings. The van der Waals surface area contributed by atoms with Crippen LogP contribution in [0.15, 0.2) is 29.4 Å². The molecule has 2 atom stereocenters. The smallest absolute Gasteiger partial charge is 0.331 e. The van der Waals surface area contributed by atoms with Gasteiger partial charge in [-0.15, -0.1) is 0 Å². The van der Waals surface area contributed by atoms with Gasteiger partial charge in [-0.2, -0.15) is 4.31 Å². The quantitative estimate of drug-likeness (QED) is 0.549. The van der Waals surface area contributed by atoms with E-state index in [4.69, 9.17) is 5.84 Å². The maximum atomic E-state index is 13.1. The Labute approximate surface area is 171 Å². The Kier molecular flexibility index (Phi) is 5.61. The first-order valence-electron chi connectivity index (χ1n) is 10.3. The monoisotopic (exact) mass is 420 g/mol. The SMILES string of the molecule is N[n+]1ccccc1S(=O)(=O)N1CC(=O)C2C1CCN2C(=O)[CH]CC1CCCCC1. The summed E-state index contributed by atoms with van der Waals surface area (Å²) in [5.41, 5.74) is 0. The van der Waals surface area contributed by atoms with Crippen molar-refractivity contribution >= 4 is 21.7 Å². The third kappa shape index (κ3) is 3.77. The minimum Gasteiger partial charge on any atom is -0.331 e. The van der Waals surface area contributed by atoms with Crippen LogP contribution < -0.4 is 10.5 Å². The van der Waals surface area contributed by atoms with Crippen LogP contribution >= 0.6 is 0 Å². The first-order chi connectivity index (χ1) is 13.9. The van der Waals surface area contributed by atoms with E-state index in [1.165, 1.54) is 35.8 Å². The van der Waals surface area contributed by atoms with E-state index in [-0.39, 0.29) is 23.3 Å². The molecule has 0 spiro atoms. The van der Waals surface area contributed by atoms with Crippen LogP contribution in [0.4, 0.5) is 0 Å². The Balaban J connectivity index is 1.47. The maximum absolute atomic E-state index is 13.1. The number of nitrogens with zero attached hydrogens (tertiary/aromatic N) is 3. The summed E-state index contributed by atoms with van der Waals surface area (Å²) in [4.78, 5) is 27.0. The number of sulfonamides is 1. The zero-order valence-corrected chi connectivity index (χ0v) is 17.3. The molecule has 4 rings (SSSR count). The molecular formula is C20H28N4O4S+. The second-order valence-electron chi connectivity index (χ2n) is 8.24. The molecular weight excluding hydrogens is 392 g/mol. The van der Waals surface area contributed by atoms with Crippen molar-refractivity contribution in [2.75, 3.05) is 18.9 Å². The average Bonchev–Trinajstić information content (AvgIpc) is 3.29. The molecule has 3 heterocycles. The molecule has 2 saturated heterocycles. The number of carbonyl (C=O) groups is 2. The summed E-state index contributed by atoms with van der Waals surface area (Å²) in [6, 6.07) is 3.42. The minimum atomic E-state index is -3.93. The van der Waals surface area contributed by atoms with Crippen molar-refractivity contribution in [3.63, 3.8) is 0 Å². The molecule has 3 fully saturated rings. The molecule has 0 bridgehead atoms. The topological polar surface area (TPSA) is 105 Å². The fourth-order valence-corrected chi connectivity index (χ4v) is 6.62. The number of likely N-dealkylation sites (tertiary alicyclic amines) is 1. The van der Waals surface area contributed by atoms with Crippen molar-refractivity contribution < 1.29 is 22.7 Å². The summed E-state index contributed by atoms with van der Waals surface area (Å²) in [7, 11) is -3.93. The first-order valence-corrected chi connectivity index (χ1v) is 11.8.